The van der Waals surface area contributed by atoms with Crippen molar-refractivity contribution in [2.75, 3.05) is 13.1 Å². The molecule has 0 aromatic heterocycles. The summed E-state index contributed by atoms with van der Waals surface area (Å²) < 4.78 is 0. The minimum absolute atomic E-state index is 0.668. The van der Waals surface area contributed by atoms with Gasteiger partial charge in [-0.3, -0.25) is 4.90 Å². The molecule has 1 atom stereocenters. The largest absolute Gasteiger partial charge is 0.330 e. The van der Waals surface area contributed by atoms with Crippen LogP contribution < -0.4 is 5.73 Å². The number of piperidine rings is 1. The molecule has 0 aromatic carbocycles. The molecule has 1 saturated heterocycles. The van der Waals surface area contributed by atoms with Crippen LogP contribution in [0.3, 0.4) is 0 Å². The highest BCUT2D eigenvalue weighted by molar-refractivity contribution is 4.99. The lowest BCUT2D eigenvalue weighted by Gasteiger charge is -2.39. The van der Waals surface area contributed by atoms with Crippen molar-refractivity contribution in [2.45, 2.75) is 58.0 Å². The van der Waals surface area contributed by atoms with Crippen molar-refractivity contribution in [3.05, 3.63) is 12.2 Å². The van der Waals surface area contributed by atoms with Crippen LogP contribution in [-0.2, 0) is 0 Å². The lowest BCUT2D eigenvalue weighted by molar-refractivity contribution is 0.111. The van der Waals surface area contributed by atoms with Crippen molar-refractivity contribution in [3.8, 4) is 0 Å². The topological polar surface area (TPSA) is 29.3 Å². The molecule has 1 rings (SSSR count). The van der Waals surface area contributed by atoms with E-state index in [2.05, 4.69) is 25.3 Å². The molecule has 1 aliphatic heterocycles. The molecule has 0 radical (unpaired) electrons. The highest BCUT2D eigenvalue weighted by Gasteiger charge is 2.24. The molecule has 2 nitrogen and oxygen atoms in total. The van der Waals surface area contributed by atoms with Crippen LogP contribution in [0.2, 0.25) is 0 Å². The van der Waals surface area contributed by atoms with E-state index in [0.717, 1.165) is 25.4 Å². The monoisotopic (exact) mass is 210 g/mol. The number of hydrogen-bond donors (Lipinski definition) is 1. The van der Waals surface area contributed by atoms with Crippen LogP contribution in [0.1, 0.15) is 46.0 Å². The van der Waals surface area contributed by atoms with Gasteiger partial charge in [-0.15, -0.1) is 0 Å². The van der Waals surface area contributed by atoms with Crippen LogP contribution in [0.15, 0.2) is 12.2 Å². The van der Waals surface area contributed by atoms with Gasteiger partial charge in [-0.25, -0.2) is 0 Å². The zero-order chi connectivity index (χ0) is 11.3. The Balaban J connectivity index is 2.45. The molecule has 0 aliphatic carbocycles. The van der Waals surface area contributed by atoms with Crippen molar-refractivity contribution in [2.24, 2.45) is 5.73 Å². The fourth-order valence-electron chi connectivity index (χ4n) is 2.56. The van der Waals surface area contributed by atoms with Crippen molar-refractivity contribution in [3.63, 3.8) is 0 Å². The number of rotatable bonds is 5. The Morgan fingerprint density at radius 2 is 2.20 bits per heavy atom. The van der Waals surface area contributed by atoms with E-state index in [1.54, 1.807) is 0 Å². The lowest BCUT2D eigenvalue weighted by Crippen LogP contribution is -2.44. The fourth-order valence-corrected chi connectivity index (χ4v) is 2.56. The summed E-state index contributed by atoms with van der Waals surface area (Å²) in [5.41, 5.74) is 6.88. The maximum atomic E-state index is 5.55. The van der Waals surface area contributed by atoms with Crippen molar-refractivity contribution < 1.29 is 0 Å². The first kappa shape index (κ1) is 12.7. The summed E-state index contributed by atoms with van der Waals surface area (Å²) in [4.78, 5) is 2.63. The number of hydrogen-bond acceptors (Lipinski definition) is 2. The predicted molar refractivity (Wildman–Crippen MR) is 66.9 cm³/mol. The zero-order valence-electron chi connectivity index (χ0n) is 10.3. The third-order valence-corrected chi connectivity index (χ3v) is 3.36. The molecule has 0 spiro atoms. The van der Waals surface area contributed by atoms with Crippen molar-refractivity contribution >= 4 is 0 Å². The van der Waals surface area contributed by atoms with Gasteiger partial charge in [-0.2, -0.15) is 0 Å². The predicted octanol–water partition coefficient (Wildman–Crippen LogP) is 2.54. The average Bonchev–Trinajstić information content (AvgIpc) is 2.18. The Kier molecular flexibility index (Phi) is 5.34. The Labute approximate surface area is 94.5 Å². The van der Waals surface area contributed by atoms with Gasteiger partial charge in [0.1, 0.15) is 0 Å². The zero-order valence-corrected chi connectivity index (χ0v) is 10.3. The molecule has 2 N–H and O–H groups in total. The first-order chi connectivity index (χ1) is 7.15. The molecule has 1 heterocycles. The van der Waals surface area contributed by atoms with E-state index in [9.17, 15) is 0 Å². The van der Waals surface area contributed by atoms with Crippen LogP contribution >= 0.6 is 0 Å². The molecule has 88 valence electrons. The highest BCUT2D eigenvalue weighted by atomic mass is 15.2. The van der Waals surface area contributed by atoms with E-state index >= 15 is 0 Å². The van der Waals surface area contributed by atoms with Crippen LogP contribution in [0.25, 0.3) is 0 Å². The molecule has 0 bridgehead atoms. The summed E-state index contributed by atoms with van der Waals surface area (Å²) in [6, 6.07) is 1.39. The summed E-state index contributed by atoms with van der Waals surface area (Å²) in [7, 11) is 0. The van der Waals surface area contributed by atoms with E-state index in [0.29, 0.717) is 6.04 Å². The van der Waals surface area contributed by atoms with Crippen molar-refractivity contribution in [1.82, 2.24) is 4.90 Å². The van der Waals surface area contributed by atoms with Crippen LogP contribution in [0, 0.1) is 0 Å². The summed E-state index contributed by atoms with van der Waals surface area (Å²) in [6.07, 6.45) is 6.21. The number of nitrogens with zero attached hydrogens (tertiary/aromatic N) is 1. The van der Waals surface area contributed by atoms with Crippen LogP contribution in [0.4, 0.5) is 0 Å². The number of likely N-dealkylation sites (tertiary alicyclic amines) is 1. The van der Waals surface area contributed by atoms with Gasteiger partial charge in [0.2, 0.25) is 0 Å². The van der Waals surface area contributed by atoms with Gasteiger partial charge in [0, 0.05) is 12.1 Å². The second kappa shape index (κ2) is 6.29. The second-order valence-electron chi connectivity index (χ2n) is 4.97. The fraction of sp³-hybridized carbons (Fsp3) is 0.846. The van der Waals surface area contributed by atoms with E-state index in [4.69, 9.17) is 5.73 Å². The Morgan fingerprint density at radius 1 is 1.47 bits per heavy atom. The molecular weight excluding hydrogens is 184 g/mol. The second-order valence-corrected chi connectivity index (χ2v) is 4.97. The third-order valence-electron chi connectivity index (χ3n) is 3.36. The first-order valence-electron chi connectivity index (χ1n) is 6.27. The van der Waals surface area contributed by atoms with Gasteiger partial charge in [-0.05, 0) is 52.6 Å². The molecule has 2 heteroatoms. The smallest absolute Gasteiger partial charge is 0.0135 e. The Morgan fingerprint density at radius 3 is 2.80 bits per heavy atom. The molecule has 0 aromatic rings. The minimum atomic E-state index is 0.668. The Bertz CT molecular complexity index is 199. The SMILES string of the molecule is C=C(CCN)CC1CCCCN1C(C)C. The standard InChI is InChI=1S/C13H26N2/c1-11(2)15-9-5-4-6-13(15)10-12(3)7-8-14/h11,13H,3-10,14H2,1-2H3. The van der Waals surface area contributed by atoms with Crippen molar-refractivity contribution in [1.29, 1.82) is 0 Å². The maximum Gasteiger partial charge on any atom is 0.0135 e. The van der Waals surface area contributed by atoms with Gasteiger partial charge in [0.05, 0.1) is 0 Å². The molecule has 1 unspecified atom stereocenters. The maximum absolute atomic E-state index is 5.55. The summed E-state index contributed by atoms with van der Waals surface area (Å²) in [6.45, 7) is 10.7. The van der Waals surface area contributed by atoms with E-state index in [1.807, 2.05) is 0 Å². The van der Waals surface area contributed by atoms with Crippen LogP contribution in [-0.4, -0.2) is 30.1 Å². The van der Waals surface area contributed by atoms with Gasteiger partial charge < -0.3 is 5.73 Å². The summed E-state index contributed by atoms with van der Waals surface area (Å²) in [5, 5.41) is 0. The first-order valence-corrected chi connectivity index (χ1v) is 6.27. The molecule has 15 heavy (non-hydrogen) atoms. The molecule has 1 fully saturated rings. The highest BCUT2D eigenvalue weighted by Crippen LogP contribution is 2.24. The Hall–Kier alpha value is -0.340. The quantitative estimate of drug-likeness (QED) is 0.707. The molecule has 1 aliphatic rings. The molecule has 0 amide bonds. The van der Waals surface area contributed by atoms with Crippen LogP contribution in [0.5, 0.6) is 0 Å². The van der Waals surface area contributed by atoms with E-state index in [1.165, 1.54) is 31.4 Å². The summed E-state index contributed by atoms with van der Waals surface area (Å²) >= 11 is 0. The normalized spacial score (nSPS) is 23.3. The molecular formula is C13H26N2. The van der Waals surface area contributed by atoms with Gasteiger partial charge in [0.25, 0.3) is 0 Å². The third kappa shape index (κ3) is 3.96. The molecule has 0 saturated carbocycles. The summed E-state index contributed by atoms with van der Waals surface area (Å²) in [5.74, 6) is 0. The van der Waals surface area contributed by atoms with Gasteiger partial charge in [-0.1, -0.05) is 18.6 Å². The minimum Gasteiger partial charge on any atom is -0.330 e. The van der Waals surface area contributed by atoms with Gasteiger partial charge in [0.15, 0.2) is 0 Å². The van der Waals surface area contributed by atoms with E-state index in [-0.39, 0.29) is 0 Å². The van der Waals surface area contributed by atoms with E-state index < -0.39 is 0 Å². The average molecular weight is 210 g/mol. The number of nitrogens with two attached hydrogens (primary N) is 1. The van der Waals surface area contributed by atoms with Gasteiger partial charge >= 0.3 is 0 Å². The lowest BCUT2D eigenvalue weighted by atomic mass is 9.94.